The highest BCUT2D eigenvalue weighted by Gasteiger charge is 2.80. The third kappa shape index (κ3) is 2.89. The maximum atomic E-state index is 12.8. The fraction of sp³-hybridized carbons (Fsp3) is 0.750. The molecule has 3 aliphatic rings. The standard InChI is InChI=1S/C20H28O10/c1-10(21)28-13-8-18(4,29-11(2)22)19(26)7-6-17(3,25)16(24)20(19)14(13)12(9-27-5)15(23)30-20/h13,16,24-26H,6-9H2,1-5H3/t13-,16?,17+,18+,19-,20?/m0/s1. The first-order chi connectivity index (χ1) is 13.8. The minimum atomic E-state index is -2.21. The third-order valence-corrected chi connectivity index (χ3v) is 6.54. The number of ether oxygens (including phenoxy) is 4. The number of rotatable bonds is 4. The molecule has 0 aromatic heterocycles. The molecule has 168 valence electrons. The lowest BCUT2D eigenvalue weighted by molar-refractivity contribution is -0.322. The van der Waals surface area contributed by atoms with E-state index in [1.54, 1.807) is 0 Å². The molecule has 0 bridgehead atoms. The number of carbonyl (C=O) groups excluding carboxylic acids is 3. The fourth-order valence-corrected chi connectivity index (χ4v) is 5.27. The van der Waals surface area contributed by atoms with Crippen molar-refractivity contribution >= 4 is 17.9 Å². The van der Waals surface area contributed by atoms with Crippen molar-refractivity contribution in [2.45, 2.75) is 81.6 Å². The third-order valence-electron chi connectivity index (χ3n) is 6.54. The van der Waals surface area contributed by atoms with Crippen molar-refractivity contribution in [1.29, 1.82) is 0 Å². The van der Waals surface area contributed by atoms with Crippen LogP contribution in [0.2, 0.25) is 0 Å². The molecule has 2 saturated carbocycles. The molecule has 2 fully saturated rings. The lowest BCUT2D eigenvalue weighted by Gasteiger charge is -2.63. The zero-order valence-electron chi connectivity index (χ0n) is 17.7. The number of aliphatic hydroxyl groups is 3. The number of hydrogen-bond donors (Lipinski definition) is 3. The summed E-state index contributed by atoms with van der Waals surface area (Å²) < 4.78 is 21.7. The monoisotopic (exact) mass is 428 g/mol. The summed E-state index contributed by atoms with van der Waals surface area (Å²) in [6.45, 7) is 4.86. The van der Waals surface area contributed by atoms with Gasteiger partial charge in [0.15, 0.2) is 11.2 Å². The van der Waals surface area contributed by atoms with Gasteiger partial charge in [0.2, 0.25) is 0 Å². The second-order valence-corrected chi connectivity index (χ2v) is 8.70. The van der Waals surface area contributed by atoms with Crippen molar-refractivity contribution in [3.8, 4) is 0 Å². The summed E-state index contributed by atoms with van der Waals surface area (Å²) in [6.07, 6.45) is -3.38. The fourth-order valence-electron chi connectivity index (χ4n) is 5.27. The second kappa shape index (κ2) is 7.01. The molecule has 0 aromatic carbocycles. The SMILES string of the molecule is COCC1=C2[C@@H](OC(C)=O)C[C@@](C)(OC(C)=O)[C@@]3(O)CC[C@@](C)(O)C(O)C23OC1=O. The molecule has 1 aliphatic heterocycles. The Morgan fingerprint density at radius 1 is 1.17 bits per heavy atom. The predicted molar refractivity (Wildman–Crippen MR) is 98.9 cm³/mol. The van der Waals surface area contributed by atoms with E-state index in [4.69, 9.17) is 18.9 Å². The van der Waals surface area contributed by atoms with Crippen LogP contribution in [0, 0.1) is 0 Å². The van der Waals surface area contributed by atoms with Gasteiger partial charge in [-0.15, -0.1) is 0 Å². The summed E-state index contributed by atoms with van der Waals surface area (Å²) in [6, 6.07) is 0. The van der Waals surface area contributed by atoms with E-state index in [1.807, 2.05) is 0 Å². The van der Waals surface area contributed by atoms with Crippen LogP contribution in [0.5, 0.6) is 0 Å². The van der Waals surface area contributed by atoms with E-state index >= 15 is 0 Å². The molecule has 10 heteroatoms. The first-order valence-electron chi connectivity index (χ1n) is 9.71. The van der Waals surface area contributed by atoms with E-state index in [0.717, 1.165) is 13.8 Å². The number of aliphatic hydroxyl groups excluding tert-OH is 1. The molecule has 2 unspecified atom stereocenters. The van der Waals surface area contributed by atoms with E-state index in [1.165, 1.54) is 21.0 Å². The highest BCUT2D eigenvalue weighted by atomic mass is 16.6. The Morgan fingerprint density at radius 2 is 1.80 bits per heavy atom. The summed E-state index contributed by atoms with van der Waals surface area (Å²) in [5.74, 6) is -2.29. The van der Waals surface area contributed by atoms with E-state index in [-0.39, 0.29) is 37.0 Å². The summed E-state index contributed by atoms with van der Waals surface area (Å²) in [5, 5.41) is 34.0. The van der Waals surface area contributed by atoms with Crippen molar-refractivity contribution in [3.63, 3.8) is 0 Å². The van der Waals surface area contributed by atoms with Crippen LogP contribution in [-0.2, 0) is 33.3 Å². The smallest absolute Gasteiger partial charge is 0.337 e. The van der Waals surface area contributed by atoms with Crippen molar-refractivity contribution in [2.75, 3.05) is 13.7 Å². The van der Waals surface area contributed by atoms with Crippen LogP contribution in [0.4, 0.5) is 0 Å². The molecule has 6 atom stereocenters. The van der Waals surface area contributed by atoms with Gasteiger partial charge in [0, 0.05) is 33.0 Å². The molecule has 0 aromatic rings. The van der Waals surface area contributed by atoms with Gasteiger partial charge < -0.3 is 34.3 Å². The molecule has 30 heavy (non-hydrogen) atoms. The molecule has 1 heterocycles. The lowest BCUT2D eigenvalue weighted by atomic mass is 9.51. The lowest BCUT2D eigenvalue weighted by Crippen LogP contribution is -2.81. The maximum absolute atomic E-state index is 12.8. The number of esters is 3. The Labute approximate surface area is 173 Å². The van der Waals surface area contributed by atoms with Gasteiger partial charge in [0.25, 0.3) is 0 Å². The molecule has 0 saturated heterocycles. The molecular formula is C20H28O10. The quantitative estimate of drug-likeness (QED) is 0.396. The number of methoxy groups -OCH3 is 1. The summed E-state index contributed by atoms with van der Waals surface area (Å²) >= 11 is 0. The molecule has 3 rings (SSSR count). The van der Waals surface area contributed by atoms with E-state index in [2.05, 4.69) is 0 Å². The minimum Gasteiger partial charge on any atom is -0.458 e. The van der Waals surface area contributed by atoms with E-state index < -0.39 is 52.5 Å². The Morgan fingerprint density at radius 3 is 2.33 bits per heavy atom. The first kappa shape index (κ1) is 22.7. The van der Waals surface area contributed by atoms with Crippen LogP contribution in [-0.4, -0.2) is 81.6 Å². The molecular weight excluding hydrogens is 400 g/mol. The van der Waals surface area contributed by atoms with Crippen LogP contribution in [0.1, 0.15) is 47.0 Å². The Hall–Kier alpha value is -2.01. The number of hydrogen-bond acceptors (Lipinski definition) is 10. The highest BCUT2D eigenvalue weighted by molar-refractivity contribution is 5.95. The number of carbonyl (C=O) groups is 3. The molecule has 0 radical (unpaired) electrons. The van der Waals surface area contributed by atoms with Gasteiger partial charge >= 0.3 is 17.9 Å². The van der Waals surface area contributed by atoms with E-state index in [9.17, 15) is 29.7 Å². The summed E-state index contributed by atoms with van der Waals surface area (Å²) in [4.78, 5) is 36.6. The van der Waals surface area contributed by atoms with Crippen LogP contribution in [0.15, 0.2) is 11.1 Å². The van der Waals surface area contributed by atoms with Crippen LogP contribution in [0.25, 0.3) is 0 Å². The summed E-state index contributed by atoms with van der Waals surface area (Å²) in [7, 11) is 1.35. The van der Waals surface area contributed by atoms with Gasteiger partial charge in [-0.1, -0.05) is 0 Å². The normalized spacial score (nSPS) is 42.9. The van der Waals surface area contributed by atoms with Crippen molar-refractivity contribution in [1.82, 2.24) is 0 Å². The van der Waals surface area contributed by atoms with Gasteiger partial charge in [0.05, 0.1) is 17.8 Å². The van der Waals surface area contributed by atoms with Crippen molar-refractivity contribution < 1.29 is 48.7 Å². The van der Waals surface area contributed by atoms with Crippen LogP contribution < -0.4 is 0 Å². The van der Waals surface area contributed by atoms with Crippen LogP contribution in [0.3, 0.4) is 0 Å². The topological polar surface area (TPSA) is 149 Å². The van der Waals surface area contributed by atoms with E-state index in [0.29, 0.717) is 0 Å². The Kier molecular flexibility index (Phi) is 5.30. The van der Waals surface area contributed by atoms with Gasteiger partial charge in [-0.25, -0.2) is 4.79 Å². The zero-order valence-corrected chi connectivity index (χ0v) is 17.7. The first-order valence-corrected chi connectivity index (χ1v) is 9.71. The van der Waals surface area contributed by atoms with Crippen LogP contribution >= 0.6 is 0 Å². The summed E-state index contributed by atoms with van der Waals surface area (Å²) in [5.41, 5.74) is -7.78. The molecule has 2 aliphatic carbocycles. The Balaban J connectivity index is 2.34. The van der Waals surface area contributed by atoms with Gasteiger partial charge in [0.1, 0.15) is 17.8 Å². The van der Waals surface area contributed by atoms with Gasteiger partial charge in [-0.3, -0.25) is 9.59 Å². The minimum absolute atomic E-state index is 0.0177. The van der Waals surface area contributed by atoms with Crippen molar-refractivity contribution in [2.24, 2.45) is 0 Å². The highest BCUT2D eigenvalue weighted by Crippen LogP contribution is 2.62. The maximum Gasteiger partial charge on any atom is 0.337 e. The average molecular weight is 428 g/mol. The molecule has 1 spiro atoms. The second-order valence-electron chi connectivity index (χ2n) is 8.70. The van der Waals surface area contributed by atoms with Gasteiger partial charge in [-0.2, -0.15) is 0 Å². The zero-order chi connectivity index (χ0) is 22.7. The molecule has 0 amide bonds. The van der Waals surface area contributed by atoms with Crippen molar-refractivity contribution in [3.05, 3.63) is 11.1 Å². The largest absolute Gasteiger partial charge is 0.458 e. The Bertz CT molecular complexity index is 816. The predicted octanol–water partition coefficient (Wildman–Crippen LogP) is -0.481. The molecule has 3 N–H and O–H groups in total. The van der Waals surface area contributed by atoms with Gasteiger partial charge in [-0.05, 0) is 26.7 Å². The average Bonchev–Trinajstić information content (AvgIpc) is 2.89. The molecule has 10 nitrogen and oxygen atoms in total.